The topological polar surface area (TPSA) is 113 Å². The Morgan fingerprint density at radius 2 is 1.88 bits per heavy atom. The number of nitrogens with one attached hydrogen (secondary N) is 1. The number of halogens is 4. The highest BCUT2D eigenvalue weighted by atomic mass is 79.9. The van der Waals surface area contributed by atoms with Gasteiger partial charge in [-0.3, -0.25) is 29.4 Å². The van der Waals surface area contributed by atoms with Crippen molar-refractivity contribution in [2.75, 3.05) is 12.6 Å². The van der Waals surface area contributed by atoms with Crippen molar-refractivity contribution in [1.29, 1.82) is 0 Å². The number of benzene rings is 1. The molecular formula is C22H18Br2Cl2N2O6. The number of alkyl halides is 3. The van der Waals surface area contributed by atoms with E-state index in [1.165, 1.54) is 7.11 Å². The molecule has 5 rings (SSSR count). The van der Waals surface area contributed by atoms with Crippen LogP contribution >= 0.6 is 55.1 Å². The van der Waals surface area contributed by atoms with Crippen LogP contribution < -0.4 is 10.1 Å². The Bertz CT molecular complexity index is 1210. The monoisotopic (exact) mass is 634 g/mol. The standard InChI is InChI=1S/C22H18Br2Cl2N2O6/c1-34-13-5-8(24)4-11(16(13)29)15-9-2-3-10-14(18(31)27-17(10)30)12(9)6-21(25)19(32)28(7-23)20(33)22(15,21)26/h2,4-5,10,12,14-15,29H,3,6-7H2,1H3,(H,27,30,31)/t10-,12+,14-,15+,21+,22-/m0/s1. The third-order valence-electron chi connectivity index (χ3n) is 7.46. The maximum absolute atomic E-state index is 13.6. The predicted octanol–water partition coefficient (Wildman–Crippen LogP) is 3.16. The lowest BCUT2D eigenvalue weighted by Crippen LogP contribution is -2.60. The highest BCUT2D eigenvalue weighted by Gasteiger charge is 2.76. The van der Waals surface area contributed by atoms with Gasteiger partial charge in [-0.1, -0.05) is 43.5 Å². The Balaban J connectivity index is 1.80. The number of fused-ring (bicyclic) bond motifs is 4. The van der Waals surface area contributed by atoms with E-state index in [0.29, 0.717) is 10.0 Å². The van der Waals surface area contributed by atoms with Crippen molar-refractivity contribution in [2.24, 2.45) is 17.8 Å². The normalized spacial score (nSPS) is 36.6. The third kappa shape index (κ3) is 2.88. The molecule has 180 valence electrons. The van der Waals surface area contributed by atoms with Gasteiger partial charge in [-0.15, -0.1) is 23.2 Å². The number of phenolic OH excluding ortho intramolecular Hbond substituents is 1. The summed E-state index contributed by atoms with van der Waals surface area (Å²) in [5, 5.41) is 13.5. The molecule has 1 aromatic rings. The fourth-order valence-corrected chi connectivity index (χ4v) is 7.85. The van der Waals surface area contributed by atoms with Crippen LogP contribution in [-0.2, 0) is 19.2 Å². The van der Waals surface area contributed by atoms with Crippen molar-refractivity contribution < 1.29 is 29.0 Å². The molecule has 8 nitrogen and oxygen atoms in total. The molecule has 4 amide bonds. The zero-order valence-electron chi connectivity index (χ0n) is 17.6. The quantitative estimate of drug-likeness (QED) is 0.228. The van der Waals surface area contributed by atoms with Gasteiger partial charge in [-0.2, -0.15) is 0 Å². The highest BCUT2D eigenvalue weighted by Crippen LogP contribution is 2.66. The Kier molecular flexibility index (Phi) is 5.63. The van der Waals surface area contributed by atoms with E-state index in [1.54, 1.807) is 18.2 Å². The first kappa shape index (κ1) is 24.1. The van der Waals surface area contributed by atoms with Gasteiger partial charge in [0.1, 0.15) is 0 Å². The highest BCUT2D eigenvalue weighted by molar-refractivity contribution is 9.10. The number of imide groups is 2. The summed E-state index contributed by atoms with van der Waals surface area (Å²) in [6, 6.07) is 3.14. The zero-order chi connectivity index (χ0) is 24.7. The van der Waals surface area contributed by atoms with E-state index in [-0.39, 0.29) is 41.3 Å². The van der Waals surface area contributed by atoms with E-state index in [0.717, 1.165) is 4.90 Å². The zero-order valence-corrected chi connectivity index (χ0v) is 22.3. The molecule has 4 aliphatic rings. The molecule has 3 fully saturated rings. The molecule has 34 heavy (non-hydrogen) atoms. The van der Waals surface area contributed by atoms with Crippen LogP contribution in [0.1, 0.15) is 24.3 Å². The SMILES string of the molecule is COc1cc(Br)cc([C@H]2C3=CC[C@@H]4C(=O)NC(=O)[C@@H]4[C@@H]3C[C@@]3(Cl)C(=O)N(CBr)C(=O)[C@@]23Cl)c1O. The Morgan fingerprint density at radius 3 is 2.53 bits per heavy atom. The average molecular weight is 637 g/mol. The number of hydrogen-bond donors (Lipinski definition) is 2. The third-order valence-corrected chi connectivity index (χ3v) is 9.83. The van der Waals surface area contributed by atoms with Gasteiger partial charge in [0.2, 0.25) is 11.8 Å². The fourth-order valence-electron chi connectivity index (χ4n) is 5.98. The van der Waals surface area contributed by atoms with E-state index >= 15 is 0 Å². The number of likely N-dealkylation sites (tertiary alicyclic amines) is 1. The van der Waals surface area contributed by atoms with Crippen LogP contribution in [0.2, 0.25) is 0 Å². The van der Waals surface area contributed by atoms with Crippen LogP contribution in [0.5, 0.6) is 11.5 Å². The van der Waals surface area contributed by atoms with Crippen LogP contribution in [0.25, 0.3) is 0 Å². The second-order valence-corrected chi connectivity index (χ2v) is 11.5. The second-order valence-electron chi connectivity index (χ2n) is 8.89. The van der Waals surface area contributed by atoms with Crippen LogP contribution in [0.15, 0.2) is 28.3 Å². The van der Waals surface area contributed by atoms with Crippen molar-refractivity contribution in [3.63, 3.8) is 0 Å². The fraction of sp³-hybridized carbons (Fsp3) is 0.455. The number of carbonyl (C=O) groups excluding carboxylic acids is 4. The molecule has 0 unspecified atom stereocenters. The summed E-state index contributed by atoms with van der Waals surface area (Å²) in [6.45, 7) is 0. The number of methoxy groups -OCH3 is 1. The number of nitrogens with zero attached hydrogens (tertiary/aromatic N) is 1. The summed E-state index contributed by atoms with van der Waals surface area (Å²) in [4.78, 5) is 49.3. The molecule has 2 heterocycles. The summed E-state index contributed by atoms with van der Waals surface area (Å²) in [6.07, 6.45) is 1.93. The van der Waals surface area contributed by atoms with Crippen LogP contribution in [0, 0.1) is 17.8 Å². The van der Waals surface area contributed by atoms with E-state index in [2.05, 4.69) is 37.2 Å². The smallest absolute Gasteiger partial charge is 0.254 e. The summed E-state index contributed by atoms with van der Waals surface area (Å²) in [5.74, 6) is -5.43. The molecule has 0 spiro atoms. The minimum atomic E-state index is -1.99. The second kappa shape index (κ2) is 7.94. The molecule has 1 aromatic carbocycles. The summed E-state index contributed by atoms with van der Waals surface area (Å²) >= 11 is 20.7. The van der Waals surface area contributed by atoms with Crippen LogP contribution in [0.4, 0.5) is 0 Å². The van der Waals surface area contributed by atoms with Gasteiger partial charge in [0.25, 0.3) is 11.8 Å². The average Bonchev–Trinajstić information content (AvgIpc) is 3.16. The molecule has 0 bridgehead atoms. The number of phenols is 1. The molecule has 6 atom stereocenters. The number of ether oxygens (including phenoxy) is 1. The Morgan fingerprint density at radius 1 is 1.18 bits per heavy atom. The lowest BCUT2D eigenvalue weighted by atomic mass is 9.56. The first-order valence-corrected chi connectivity index (χ1v) is 13.1. The van der Waals surface area contributed by atoms with Gasteiger partial charge in [0.05, 0.1) is 24.4 Å². The van der Waals surface area contributed by atoms with Gasteiger partial charge in [0.15, 0.2) is 21.2 Å². The number of amides is 4. The van der Waals surface area contributed by atoms with E-state index in [9.17, 15) is 24.3 Å². The summed E-state index contributed by atoms with van der Waals surface area (Å²) < 4.78 is 5.84. The first-order valence-electron chi connectivity index (χ1n) is 10.4. The van der Waals surface area contributed by atoms with Gasteiger partial charge in [-0.25, -0.2) is 0 Å². The number of allylic oxidation sites excluding steroid dienone is 2. The number of hydrogen-bond acceptors (Lipinski definition) is 6. The number of aromatic hydroxyl groups is 1. The molecule has 2 aliphatic heterocycles. The van der Waals surface area contributed by atoms with Crippen molar-refractivity contribution >= 4 is 78.7 Å². The van der Waals surface area contributed by atoms with Gasteiger partial charge in [0, 0.05) is 16.0 Å². The van der Waals surface area contributed by atoms with Gasteiger partial charge in [-0.05, 0) is 30.9 Å². The van der Waals surface area contributed by atoms with Crippen molar-refractivity contribution in [3.8, 4) is 11.5 Å². The minimum Gasteiger partial charge on any atom is -0.504 e. The molecule has 0 radical (unpaired) electrons. The number of rotatable bonds is 3. The molecule has 2 aliphatic carbocycles. The van der Waals surface area contributed by atoms with E-state index < -0.39 is 51.1 Å². The van der Waals surface area contributed by atoms with Crippen molar-refractivity contribution in [3.05, 3.63) is 33.8 Å². The molecule has 12 heteroatoms. The molecular weight excluding hydrogens is 619 g/mol. The van der Waals surface area contributed by atoms with Crippen molar-refractivity contribution in [1.82, 2.24) is 10.2 Å². The van der Waals surface area contributed by atoms with Gasteiger partial charge >= 0.3 is 0 Å². The Hall–Kier alpha value is -1.62. The first-order chi connectivity index (χ1) is 16.0. The van der Waals surface area contributed by atoms with Crippen LogP contribution in [-0.4, -0.2) is 55.9 Å². The van der Waals surface area contributed by atoms with Crippen LogP contribution in [0.3, 0.4) is 0 Å². The molecule has 2 N–H and O–H groups in total. The van der Waals surface area contributed by atoms with E-state index in [4.69, 9.17) is 27.9 Å². The minimum absolute atomic E-state index is 0.109. The lowest BCUT2D eigenvalue weighted by molar-refractivity contribution is -0.138. The number of carbonyl (C=O) groups is 4. The summed E-state index contributed by atoms with van der Waals surface area (Å²) in [5.41, 5.74) is 0.691. The Labute approximate surface area is 221 Å². The predicted molar refractivity (Wildman–Crippen MR) is 129 cm³/mol. The lowest BCUT2D eigenvalue weighted by Gasteiger charge is -2.50. The maximum atomic E-state index is 13.6. The maximum Gasteiger partial charge on any atom is 0.254 e. The van der Waals surface area contributed by atoms with E-state index in [1.807, 2.05) is 0 Å². The summed E-state index contributed by atoms with van der Waals surface area (Å²) in [7, 11) is 1.38. The molecule has 1 saturated carbocycles. The van der Waals surface area contributed by atoms with Gasteiger partial charge < -0.3 is 9.84 Å². The molecule has 0 aromatic heterocycles. The molecule has 2 saturated heterocycles. The van der Waals surface area contributed by atoms with Crippen molar-refractivity contribution in [2.45, 2.75) is 28.5 Å². The largest absolute Gasteiger partial charge is 0.504 e.